The molecule has 162 valence electrons. The Hall–Kier alpha value is -3.37. The van der Waals surface area contributed by atoms with Crippen LogP contribution in [0.5, 0.6) is 5.75 Å². The molecule has 0 saturated carbocycles. The summed E-state index contributed by atoms with van der Waals surface area (Å²) in [6.45, 7) is -1.19. The number of halogens is 5. The van der Waals surface area contributed by atoms with Crippen LogP contribution in [0.25, 0.3) is 0 Å². The first-order valence-corrected chi connectivity index (χ1v) is 8.80. The van der Waals surface area contributed by atoms with Gasteiger partial charge in [-0.1, -0.05) is 18.2 Å². The lowest BCUT2D eigenvalue weighted by Gasteiger charge is -2.13. The van der Waals surface area contributed by atoms with E-state index in [0.717, 1.165) is 6.07 Å². The number of amides is 1. The Morgan fingerprint density at radius 1 is 1.07 bits per heavy atom. The van der Waals surface area contributed by atoms with Gasteiger partial charge in [-0.25, -0.2) is 18.2 Å². The van der Waals surface area contributed by atoms with Crippen molar-refractivity contribution in [2.24, 2.45) is 4.99 Å². The van der Waals surface area contributed by atoms with E-state index in [4.69, 9.17) is 0 Å². The molecule has 0 fully saturated rings. The number of anilines is 1. The van der Waals surface area contributed by atoms with Crippen molar-refractivity contribution >= 4 is 17.6 Å². The number of nitrogens with zero attached hydrogens (tertiary/aromatic N) is 1. The number of aliphatic imine (C=N–C) groups is 1. The molecule has 0 radical (unpaired) electrons. The van der Waals surface area contributed by atoms with Crippen LogP contribution in [0.3, 0.4) is 0 Å². The second-order valence-corrected chi connectivity index (χ2v) is 5.81. The molecule has 0 atom stereocenters. The number of para-hydroxylation sites is 1. The standard InChI is InChI=1S/C19H19F5N4O2/c1-2-25-19(26-9-11-5-3-4-6-14(11)30-18(23)24)27-10-15(29)28-13-8-7-12(20)16(21)17(13)22/h3-8,18H,2,9-10H2,1H3,(H,28,29)(H2,25,26,27). The molecule has 11 heteroatoms. The van der Waals surface area contributed by atoms with E-state index < -0.39 is 35.7 Å². The lowest BCUT2D eigenvalue weighted by atomic mass is 10.2. The van der Waals surface area contributed by atoms with Gasteiger partial charge in [-0.15, -0.1) is 0 Å². The molecule has 0 heterocycles. The first-order chi connectivity index (χ1) is 14.3. The number of carbonyl (C=O) groups is 1. The molecular weight excluding hydrogens is 411 g/mol. The van der Waals surface area contributed by atoms with Gasteiger partial charge in [0.05, 0.1) is 18.8 Å². The summed E-state index contributed by atoms with van der Waals surface area (Å²) in [5.41, 5.74) is -0.121. The maximum Gasteiger partial charge on any atom is 0.387 e. The van der Waals surface area contributed by atoms with Gasteiger partial charge >= 0.3 is 6.61 Å². The quantitative estimate of drug-likeness (QED) is 0.260. The van der Waals surface area contributed by atoms with Crippen LogP contribution >= 0.6 is 0 Å². The fraction of sp³-hybridized carbons (Fsp3) is 0.263. The Morgan fingerprint density at radius 3 is 2.50 bits per heavy atom. The van der Waals surface area contributed by atoms with Crippen LogP contribution in [-0.4, -0.2) is 31.6 Å². The van der Waals surface area contributed by atoms with Crippen molar-refractivity contribution in [3.63, 3.8) is 0 Å². The number of nitrogens with one attached hydrogen (secondary N) is 3. The maximum atomic E-state index is 13.6. The Labute approximate surface area is 169 Å². The van der Waals surface area contributed by atoms with Crippen molar-refractivity contribution in [2.45, 2.75) is 20.1 Å². The highest BCUT2D eigenvalue weighted by molar-refractivity contribution is 5.95. The van der Waals surface area contributed by atoms with Gasteiger partial charge in [-0.2, -0.15) is 8.78 Å². The van der Waals surface area contributed by atoms with Crippen LogP contribution < -0.4 is 20.7 Å². The van der Waals surface area contributed by atoms with Crippen LogP contribution in [0.4, 0.5) is 27.6 Å². The van der Waals surface area contributed by atoms with Crippen molar-refractivity contribution in [1.29, 1.82) is 0 Å². The predicted octanol–water partition coefficient (Wildman–Crippen LogP) is 3.40. The van der Waals surface area contributed by atoms with E-state index in [1.54, 1.807) is 19.1 Å². The van der Waals surface area contributed by atoms with Gasteiger partial charge in [0.15, 0.2) is 23.4 Å². The number of hydrogen-bond donors (Lipinski definition) is 3. The maximum absolute atomic E-state index is 13.6. The minimum atomic E-state index is -2.98. The molecule has 30 heavy (non-hydrogen) atoms. The van der Waals surface area contributed by atoms with Crippen molar-refractivity contribution < 1.29 is 31.5 Å². The molecule has 0 spiro atoms. The summed E-state index contributed by atoms with van der Waals surface area (Å²) in [6, 6.07) is 7.69. The second kappa shape index (κ2) is 11.0. The van der Waals surface area contributed by atoms with E-state index in [2.05, 4.69) is 25.7 Å². The topological polar surface area (TPSA) is 74.8 Å². The molecular formula is C19H19F5N4O2. The van der Waals surface area contributed by atoms with E-state index in [1.165, 1.54) is 12.1 Å². The highest BCUT2D eigenvalue weighted by Gasteiger charge is 2.15. The van der Waals surface area contributed by atoms with Gasteiger partial charge in [0, 0.05) is 12.1 Å². The Balaban J connectivity index is 2.00. The normalized spacial score (nSPS) is 11.4. The van der Waals surface area contributed by atoms with Crippen LogP contribution in [0.15, 0.2) is 41.4 Å². The van der Waals surface area contributed by atoms with E-state index >= 15 is 0 Å². The van der Waals surface area contributed by atoms with Gasteiger partial charge in [0.1, 0.15) is 5.75 Å². The zero-order valence-corrected chi connectivity index (χ0v) is 15.8. The Kier molecular flexibility index (Phi) is 8.39. The van der Waals surface area contributed by atoms with Gasteiger partial charge in [-0.05, 0) is 25.1 Å². The summed E-state index contributed by atoms with van der Waals surface area (Å²) in [4.78, 5) is 16.2. The molecule has 2 rings (SSSR count). The molecule has 2 aromatic carbocycles. The number of carbonyl (C=O) groups excluding carboxylic acids is 1. The number of benzene rings is 2. The first-order valence-electron chi connectivity index (χ1n) is 8.80. The van der Waals surface area contributed by atoms with Crippen molar-refractivity contribution in [1.82, 2.24) is 10.6 Å². The van der Waals surface area contributed by atoms with Crippen molar-refractivity contribution in [2.75, 3.05) is 18.4 Å². The monoisotopic (exact) mass is 430 g/mol. The number of hydrogen-bond acceptors (Lipinski definition) is 3. The molecule has 6 nitrogen and oxygen atoms in total. The summed E-state index contributed by atoms with van der Waals surface area (Å²) in [7, 11) is 0. The number of alkyl halides is 2. The van der Waals surface area contributed by atoms with Crippen LogP contribution in [0.1, 0.15) is 12.5 Å². The zero-order chi connectivity index (χ0) is 22.1. The van der Waals surface area contributed by atoms with Crippen molar-refractivity contribution in [3.05, 3.63) is 59.4 Å². The minimum absolute atomic E-state index is 0.0290. The molecule has 0 aliphatic heterocycles. The molecule has 3 N–H and O–H groups in total. The van der Waals surface area contributed by atoms with E-state index in [9.17, 15) is 26.7 Å². The fourth-order valence-electron chi connectivity index (χ4n) is 2.33. The summed E-state index contributed by atoms with van der Waals surface area (Å²) in [5.74, 6) is -5.18. The lowest BCUT2D eigenvalue weighted by molar-refractivity contribution is -0.115. The molecule has 0 aromatic heterocycles. The summed E-state index contributed by atoms with van der Waals surface area (Å²) < 4.78 is 69.2. The van der Waals surface area contributed by atoms with E-state index in [1.807, 2.05) is 0 Å². The third kappa shape index (κ3) is 6.61. The molecule has 0 aliphatic carbocycles. The highest BCUT2D eigenvalue weighted by atomic mass is 19.3. The third-order valence-corrected chi connectivity index (χ3v) is 3.67. The average molecular weight is 430 g/mol. The van der Waals surface area contributed by atoms with Crippen LogP contribution in [0, 0.1) is 17.5 Å². The van der Waals surface area contributed by atoms with Gasteiger partial charge < -0.3 is 20.7 Å². The van der Waals surface area contributed by atoms with Gasteiger partial charge in [0.25, 0.3) is 0 Å². The summed E-state index contributed by atoms with van der Waals surface area (Å²) >= 11 is 0. The average Bonchev–Trinajstić information content (AvgIpc) is 2.71. The molecule has 0 aliphatic rings. The largest absolute Gasteiger partial charge is 0.434 e. The SMILES string of the molecule is CCNC(=NCc1ccccc1OC(F)F)NCC(=O)Nc1ccc(F)c(F)c1F. The van der Waals surface area contributed by atoms with Crippen LogP contribution in [0.2, 0.25) is 0 Å². The zero-order valence-electron chi connectivity index (χ0n) is 15.8. The van der Waals surface area contributed by atoms with E-state index in [-0.39, 0.29) is 24.8 Å². The molecule has 1 amide bonds. The van der Waals surface area contributed by atoms with Gasteiger partial charge in [-0.3, -0.25) is 4.79 Å². The minimum Gasteiger partial charge on any atom is -0.434 e. The summed E-state index contributed by atoms with van der Waals surface area (Å²) in [5, 5.41) is 7.62. The fourth-order valence-corrected chi connectivity index (χ4v) is 2.33. The Morgan fingerprint density at radius 2 is 1.80 bits per heavy atom. The highest BCUT2D eigenvalue weighted by Crippen LogP contribution is 2.21. The second-order valence-electron chi connectivity index (χ2n) is 5.81. The third-order valence-electron chi connectivity index (χ3n) is 3.67. The lowest BCUT2D eigenvalue weighted by Crippen LogP contribution is -2.41. The predicted molar refractivity (Wildman–Crippen MR) is 101 cm³/mol. The first kappa shape index (κ1) is 22.9. The number of guanidine groups is 1. The van der Waals surface area contributed by atoms with Gasteiger partial charge in [0.2, 0.25) is 5.91 Å². The Bertz CT molecular complexity index is 908. The molecule has 0 bridgehead atoms. The molecule has 0 unspecified atom stereocenters. The number of rotatable bonds is 8. The number of ether oxygens (including phenoxy) is 1. The molecule has 2 aromatic rings. The van der Waals surface area contributed by atoms with Crippen LogP contribution in [-0.2, 0) is 11.3 Å². The van der Waals surface area contributed by atoms with E-state index in [0.29, 0.717) is 18.2 Å². The molecule has 0 saturated heterocycles. The smallest absolute Gasteiger partial charge is 0.387 e. The summed E-state index contributed by atoms with van der Waals surface area (Å²) in [6.07, 6.45) is 0. The van der Waals surface area contributed by atoms with Crippen molar-refractivity contribution in [3.8, 4) is 5.75 Å².